The van der Waals surface area contributed by atoms with Gasteiger partial charge in [-0.05, 0) is 20.3 Å². The van der Waals surface area contributed by atoms with Gasteiger partial charge in [-0.25, -0.2) is 4.98 Å². The fourth-order valence-electron chi connectivity index (χ4n) is 2.33. The molecule has 0 fully saturated rings. The second kappa shape index (κ2) is 5.81. The summed E-state index contributed by atoms with van der Waals surface area (Å²) in [6, 6.07) is 0. The second-order valence-electron chi connectivity index (χ2n) is 5.05. The molecule has 2 aromatic heterocycles. The highest BCUT2D eigenvalue weighted by molar-refractivity contribution is 7.11. The summed E-state index contributed by atoms with van der Waals surface area (Å²) >= 11 is 0.902. The Morgan fingerprint density at radius 2 is 1.52 bits per heavy atom. The number of aromatic nitrogens is 3. The van der Waals surface area contributed by atoms with Crippen LogP contribution in [0.25, 0.3) is 0 Å². The lowest BCUT2D eigenvalue weighted by Gasteiger charge is -2.04. The molecule has 0 radical (unpaired) electrons. The number of halogens is 6. The molecule has 10 heteroatoms. The summed E-state index contributed by atoms with van der Waals surface area (Å²) in [4.78, 5) is 3.60. The van der Waals surface area contributed by atoms with Crippen LogP contribution >= 0.6 is 11.3 Å². The molecular weight excluding hydrogens is 344 g/mol. The van der Waals surface area contributed by atoms with Gasteiger partial charge in [0.15, 0.2) is 11.4 Å². The summed E-state index contributed by atoms with van der Waals surface area (Å²) in [7, 11) is 1.38. The smallest absolute Gasteiger partial charge is 0.272 e. The normalized spacial score (nSPS) is 12.9. The third-order valence-corrected chi connectivity index (χ3v) is 4.41. The molecule has 0 atom stereocenters. The van der Waals surface area contributed by atoms with Crippen LogP contribution in [0, 0.1) is 13.8 Å². The predicted octanol–water partition coefficient (Wildman–Crippen LogP) is 4.32. The van der Waals surface area contributed by atoms with E-state index >= 15 is 0 Å². The highest BCUT2D eigenvalue weighted by Gasteiger charge is 2.38. The van der Waals surface area contributed by atoms with Gasteiger partial charge in [0.05, 0.1) is 5.01 Å². The zero-order chi connectivity index (χ0) is 17.6. The minimum Gasteiger partial charge on any atom is -0.272 e. The van der Waals surface area contributed by atoms with Crippen LogP contribution in [0.2, 0.25) is 0 Å². The summed E-state index contributed by atoms with van der Waals surface area (Å²) < 4.78 is 77.5. The van der Waals surface area contributed by atoms with Gasteiger partial charge in [-0.15, -0.1) is 11.3 Å². The van der Waals surface area contributed by atoms with Crippen LogP contribution in [-0.4, -0.2) is 14.8 Å². The van der Waals surface area contributed by atoms with Gasteiger partial charge in [-0.2, -0.15) is 31.4 Å². The summed E-state index contributed by atoms with van der Waals surface area (Å²) in [5.41, 5.74) is -1.58. The average molecular weight is 357 g/mol. The summed E-state index contributed by atoms with van der Waals surface area (Å²) in [6.07, 6.45) is -8.82. The molecule has 0 amide bonds. The number of aryl methyl sites for hydroxylation is 3. The number of rotatable bonds is 3. The molecule has 0 aliphatic heterocycles. The molecule has 2 heterocycles. The van der Waals surface area contributed by atoms with E-state index in [0.29, 0.717) is 5.69 Å². The first-order valence-corrected chi connectivity index (χ1v) is 7.36. The molecule has 0 N–H and O–H groups in total. The summed E-state index contributed by atoms with van der Waals surface area (Å²) in [5.74, 6) is 0. The maximum Gasteiger partial charge on any atom is 0.435 e. The minimum absolute atomic E-state index is 0.00989. The monoisotopic (exact) mass is 357 g/mol. The maximum atomic E-state index is 12.8. The van der Waals surface area contributed by atoms with Gasteiger partial charge in [0, 0.05) is 29.6 Å². The van der Waals surface area contributed by atoms with Crippen LogP contribution in [0.1, 0.15) is 32.5 Å². The van der Waals surface area contributed by atoms with Crippen LogP contribution in [-0.2, 0) is 32.2 Å². The molecule has 0 aromatic carbocycles. The molecule has 0 bridgehead atoms. The lowest BCUT2D eigenvalue weighted by atomic mass is 10.1. The molecule has 0 saturated carbocycles. The van der Waals surface area contributed by atoms with Crippen molar-refractivity contribution in [2.75, 3.05) is 0 Å². The Morgan fingerprint density at radius 3 is 1.96 bits per heavy atom. The molecule has 0 aliphatic rings. The fourth-order valence-corrected chi connectivity index (χ4v) is 3.28. The van der Waals surface area contributed by atoms with E-state index in [2.05, 4.69) is 10.1 Å². The molecule has 0 saturated heterocycles. The van der Waals surface area contributed by atoms with Gasteiger partial charge >= 0.3 is 12.4 Å². The molecule has 128 valence electrons. The number of thiazole rings is 1. The van der Waals surface area contributed by atoms with E-state index in [1.54, 1.807) is 0 Å². The van der Waals surface area contributed by atoms with E-state index < -0.39 is 23.7 Å². The lowest BCUT2D eigenvalue weighted by Crippen LogP contribution is -2.08. The zero-order valence-electron chi connectivity index (χ0n) is 12.4. The lowest BCUT2D eigenvalue weighted by molar-refractivity contribution is -0.142. The van der Waals surface area contributed by atoms with Crippen molar-refractivity contribution in [2.24, 2.45) is 7.05 Å². The Labute approximate surface area is 132 Å². The Hall–Kier alpha value is -1.58. The Bertz CT molecular complexity index is 711. The number of nitrogens with zero attached hydrogens (tertiary/aromatic N) is 3. The fraction of sp³-hybridized carbons (Fsp3) is 0.538. The Balaban J connectivity index is 2.21. The van der Waals surface area contributed by atoms with E-state index in [4.69, 9.17) is 0 Å². The number of hydrogen-bond acceptors (Lipinski definition) is 3. The van der Waals surface area contributed by atoms with E-state index in [1.165, 1.54) is 20.9 Å². The van der Waals surface area contributed by atoms with E-state index in [-0.39, 0.29) is 28.3 Å². The summed E-state index contributed by atoms with van der Waals surface area (Å²) in [5, 5.41) is 3.69. The standard InChI is InChI=1S/C13H13F6N3S/c1-6-8(22(3)21-10(6)12(14,15)16)4-5-9-20-11(7(2)23-9)13(17,18)19/h4-5H2,1-3H3. The SMILES string of the molecule is Cc1sc(CCc2c(C)c(C(F)(F)F)nn2C)nc1C(F)(F)F. The van der Waals surface area contributed by atoms with Crippen LogP contribution in [0.5, 0.6) is 0 Å². The highest BCUT2D eigenvalue weighted by Crippen LogP contribution is 2.35. The number of hydrogen-bond donors (Lipinski definition) is 0. The van der Waals surface area contributed by atoms with Crippen LogP contribution in [0.3, 0.4) is 0 Å². The third kappa shape index (κ3) is 3.67. The third-order valence-electron chi connectivity index (χ3n) is 3.38. The van der Waals surface area contributed by atoms with Crippen LogP contribution in [0.15, 0.2) is 0 Å². The van der Waals surface area contributed by atoms with Crippen molar-refractivity contribution < 1.29 is 26.3 Å². The second-order valence-corrected chi connectivity index (χ2v) is 6.34. The molecule has 2 rings (SSSR count). The van der Waals surface area contributed by atoms with Crippen molar-refractivity contribution >= 4 is 11.3 Å². The average Bonchev–Trinajstić information content (AvgIpc) is 2.87. The summed E-state index contributed by atoms with van der Waals surface area (Å²) in [6.45, 7) is 2.63. The van der Waals surface area contributed by atoms with Crippen molar-refractivity contribution in [3.63, 3.8) is 0 Å². The van der Waals surface area contributed by atoms with Crippen LogP contribution < -0.4 is 0 Å². The first-order chi connectivity index (χ1) is 10.4. The van der Waals surface area contributed by atoms with Gasteiger partial charge < -0.3 is 0 Å². The van der Waals surface area contributed by atoms with E-state index in [1.807, 2.05) is 0 Å². The molecule has 2 aromatic rings. The van der Waals surface area contributed by atoms with Crippen molar-refractivity contribution in [2.45, 2.75) is 39.0 Å². The van der Waals surface area contributed by atoms with Gasteiger partial charge in [-0.1, -0.05) is 0 Å². The highest BCUT2D eigenvalue weighted by atomic mass is 32.1. The molecular formula is C13H13F6N3S. The predicted molar refractivity (Wildman–Crippen MR) is 72.2 cm³/mol. The van der Waals surface area contributed by atoms with Crippen LogP contribution in [0.4, 0.5) is 26.3 Å². The van der Waals surface area contributed by atoms with E-state index in [0.717, 1.165) is 16.0 Å². The van der Waals surface area contributed by atoms with Gasteiger partial charge in [-0.3, -0.25) is 4.68 Å². The number of alkyl halides is 6. The molecule has 3 nitrogen and oxygen atoms in total. The van der Waals surface area contributed by atoms with Gasteiger partial charge in [0.25, 0.3) is 0 Å². The van der Waals surface area contributed by atoms with Gasteiger partial charge in [0.1, 0.15) is 0 Å². The Kier molecular flexibility index (Phi) is 4.49. The molecule has 23 heavy (non-hydrogen) atoms. The van der Waals surface area contributed by atoms with Crippen molar-refractivity contribution in [3.8, 4) is 0 Å². The first-order valence-electron chi connectivity index (χ1n) is 6.54. The molecule has 0 spiro atoms. The maximum absolute atomic E-state index is 12.8. The largest absolute Gasteiger partial charge is 0.435 e. The van der Waals surface area contributed by atoms with Crippen molar-refractivity contribution in [1.82, 2.24) is 14.8 Å². The topological polar surface area (TPSA) is 30.7 Å². The molecule has 0 unspecified atom stereocenters. The minimum atomic E-state index is -4.55. The van der Waals surface area contributed by atoms with Crippen molar-refractivity contribution in [3.05, 3.63) is 32.5 Å². The van der Waals surface area contributed by atoms with E-state index in [9.17, 15) is 26.3 Å². The Morgan fingerprint density at radius 1 is 0.957 bits per heavy atom. The zero-order valence-corrected chi connectivity index (χ0v) is 13.2. The van der Waals surface area contributed by atoms with Gasteiger partial charge in [0.2, 0.25) is 0 Å². The quantitative estimate of drug-likeness (QED) is 0.766. The van der Waals surface area contributed by atoms with Crippen molar-refractivity contribution in [1.29, 1.82) is 0 Å². The molecule has 0 aliphatic carbocycles. The first kappa shape index (κ1) is 17.8.